The molecule has 1 aliphatic heterocycles. The van der Waals surface area contributed by atoms with E-state index in [0.717, 1.165) is 53.5 Å². The molecule has 4 aromatic carbocycles. The van der Waals surface area contributed by atoms with Crippen molar-refractivity contribution in [3.63, 3.8) is 0 Å². The first-order valence-corrected chi connectivity index (χ1v) is 17.2. The first kappa shape index (κ1) is 28.9. The van der Waals surface area contributed by atoms with Crippen LogP contribution in [0.15, 0.2) is 83.8 Å². The van der Waals surface area contributed by atoms with Gasteiger partial charge in [-0.15, -0.1) is 0 Å². The van der Waals surface area contributed by atoms with Gasteiger partial charge in [0.25, 0.3) is 0 Å². The zero-order valence-electron chi connectivity index (χ0n) is 23.1. The molecule has 0 N–H and O–H groups in total. The summed E-state index contributed by atoms with van der Waals surface area (Å²) in [5.74, 6) is 2.08. The Morgan fingerprint density at radius 1 is 0.732 bits per heavy atom. The molecule has 10 heteroatoms. The fourth-order valence-corrected chi connectivity index (χ4v) is 6.01. The Kier molecular flexibility index (Phi) is 8.53. The normalized spacial score (nSPS) is 14.6. The lowest BCUT2D eigenvalue weighted by Crippen LogP contribution is -2.33. The van der Waals surface area contributed by atoms with Crippen molar-refractivity contribution in [3.05, 3.63) is 78.9 Å². The van der Waals surface area contributed by atoms with Gasteiger partial charge in [-0.1, -0.05) is 24.6 Å². The Labute approximate surface area is 241 Å². The Morgan fingerprint density at radius 2 is 1.39 bits per heavy atom. The number of hydrogen-bond acceptors (Lipinski definition) is 8. The maximum Gasteiger partial charge on any atom is 0.306 e. The lowest BCUT2D eigenvalue weighted by molar-refractivity contribution is 0.183. The zero-order chi connectivity index (χ0) is 29.0. The molecule has 0 spiro atoms. The standard InChI is InChI=1S/C31H33NO7S2/c1-40(33,34)28-14-6-23(7-15-28)29-16-8-24-22-27(39-41(2,35)36)13-17-30(24)31(29)38-26-11-9-25(10-12-26)37-21-20-32-18-4-3-5-19-32/h6-17,22H,3-5,18-21H2,1-2H3. The molecule has 1 saturated heterocycles. The van der Waals surface area contributed by atoms with Crippen LogP contribution in [0.25, 0.3) is 21.9 Å². The second kappa shape index (κ2) is 12.1. The highest BCUT2D eigenvalue weighted by atomic mass is 32.2. The van der Waals surface area contributed by atoms with Crippen molar-refractivity contribution < 1.29 is 30.5 Å². The first-order chi connectivity index (χ1) is 19.5. The molecule has 0 radical (unpaired) electrons. The van der Waals surface area contributed by atoms with E-state index < -0.39 is 20.0 Å². The summed E-state index contributed by atoms with van der Waals surface area (Å²) in [7, 11) is -7.03. The van der Waals surface area contributed by atoms with Gasteiger partial charge in [0.2, 0.25) is 0 Å². The van der Waals surface area contributed by atoms with Gasteiger partial charge in [0.1, 0.15) is 29.6 Å². The maximum absolute atomic E-state index is 12.0. The molecule has 5 rings (SSSR count). The SMILES string of the molecule is CS(=O)(=O)Oc1ccc2c(Oc3ccc(OCCN4CCCCC4)cc3)c(-c3ccc(S(C)(=O)=O)cc3)ccc2c1. The smallest absolute Gasteiger partial charge is 0.306 e. The molecule has 216 valence electrons. The number of hydrogen-bond donors (Lipinski definition) is 0. The van der Waals surface area contributed by atoms with Gasteiger partial charge >= 0.3 is 10.1 Å². The van der Waals surface area contributed by atoms with Crippen molar-refractivity contribution in [1.29, 1.82) is 0 Å². The van der Waals surface area contributed by atoms with E-state index in [1.54, 1.807) is 42.5 Å². The monoisotopic (exact) mass is 595 g/mol. The fraction of sp³-hybridized carbons (Fsp3) is 0.290. The molecular weight excluding hydrogens is 562 g/mol. The molecular formula is C31H33NO7S2. The molecule has 4 aromatic rings. The van der Waals surface area contributed by atoms with E-state index in [2.05, 4.69) is 4.90 Å². The predicted molar refractivity (Wildman–Crippen MR) is 160 cm³/mol. The number of benzene rings is 4. The third-order valence-corrected chi connectivity index (χ3v) is 8.58. The van der Waals surface area contributed by atoms with E-state index in [9.17, 15) is 16.8 Å². The largest absolute Gasteiger partial charge is 0.492 e. The van der Waals surface area contributed by atoms with E-state index in [1.807, 2.05) is 36.4 Å². The summed E-state index contributed by atoms with van der Waals surface area (Å²) in [5.41, 5.74) is 1.51. The average Bonchev–Trinajstić information content (AvgIpc) is 2.93. The van der Waals surface area contributed by atoms with Gasteiger partial charge in [0, 0.05) is 23.8 Å². The predicted octanol–water partition coefficient (Wildman–Crippen LogP) is 5.91. The molecule has 0 saturated carbocycles. The van der Waals surface area contributed by atoms with E-state index in [4.69, 9.17) is 13.7 Å². The summed E-state index contributed by atoms with van der Waals surface area (Å²) < 4.78 is 64.7. The van der Waals surface area contributed by atoms with Gasteiger partial charge in [-0.2, -0.15) is 8.42 Å². The van der Waals surface area contributed by atoms with Crippen molar-refractivity contribution in [2.24, 2.45) is 0 Å². The lowest BCUT2D eigenvalue weighted by Gasteiger charge is -2.26. The van der Waals surface area contributed by atoms with Crippen molar-refractivity contribution in [3.8, 4) is 34.1 Å². The molecule has 0 unspecified atom stereocenters. The molecule has 0 amide bonds. The number of nitrogens with zero attached hydrogens (tertiary/aromatic N) is 1. The number of piperidine rings is 1. The van der Waals surface area contributed by atoms with Gasteiger partial charge in [-0.05, 0) is 97.5 Å². The van der Waals surface area contributed by atoms with Gasteiger partial charge in [-0.25, -0.2) is 8.42 Å². The van der Waals surface area contributed by atoms with Crippen LogP contribution in [0.2, 0.25) is 0 Å². The van der Waals surface area contributed by atoms with Gasteiger partial charge in [0.15, 0.2) is 9.84 Å². The molecule has 0 aromatic heterocycles. The third-order valence-electron chi connectivity index (χ3n) is 6.95. The van der Waals surface area contributed by atoms with Crippen LogP contribution in [0.4, 0.5) is 0 Å². The zero-order valence-corrected chi connectivity index (χ0v) is 24.7. The summed E-state index contributed by atoms with van der Waals surface area (Å²) >= 11 is 0. The number of fused-ring (bicyclic) bond motifs is 1. The van der Waals surface area contributed by atoms with Crippen molar-refractivity contribution in [2.75, 3.05) is 38.8 Å². The first-order valence-electron chi connectivity index (χ1n) is 13.4. The van der Waals surface area contributed by atoms with Crippen LogP contribution in [0.1, 0.15) is 19.3 Å². The summed E-state index contributed by atoms with van der Waals surface area (Å²) in [4.78, 5) is 2.65. The van der Waals surface area contributed by atoms with Crippen LogP contribution >= 0.6 is 0 Å². The quantitative estimate of drug-likeness (QED) is 0.209. The van der Waals surface area contributed by atoms with Crippen molar-refractivity contribution in [1.82, 2.24) is 4.90 Å². The molecule has 1 heterocycles. The van der Waals surface area contributed by atoms with Crippen LogP contribution < -0.4 is 13.7 Å². The molecule has 41 heavy (non-hydrogen) atoms. The van der Waals surface area contributed by atoms with E-state index >= 15 is 0 Å². The molecule has 0 bridgehead atoms. The van der Waals surface area contributed by atoms with E-state index in [1.165, 1.54) is 25.5 Å². The van der Waals surface area contributed by atoms with Crippen molar-refractivity contribution >= 4 is 30.7 Å². The number of ether oxygens (including phenoxy) is 2. The van der Waals surface area contributed by atoms with Crippen LogP contribution in [-0.2, 0) is 20.0 Å². The summed E-state index contributed by atoms with van der Waals surface area (Å²) in [6, 6.07) is 22.7. The Bertz CT molecular complexity index is 1730. The molecule has 1 fully saturated rings. The molecule has 8 nitrogen and oxygen atoms in total. The topological polar surface area (TPSA) is 99.2 Å². The molecule has 0 atom stereocenters. The molecule has 0 aliphatic carbocycles. The van der Waals surface area contributed by atoms with Crippen molar-refractivity contribution in [2.45, 2.75) is 24.2 Å². The average molecular weight is 596 g/mol. The third kappa shape index (κ3) is 7.58. The highest BCUT2D eigenvalue weighted by molar-refractivity contribution is 7.90. The van der Waals surface area contributed by atoms with Crippen LogP contribution in [-0.4, -0.2) is 60.5 Å². The summed E-state index contributed by atoms with van der Waals surface area (Å²) in [6.45, 7) is 3.78. The number of sulfone groups is 1. The second-order valence-electron chi connectivity index (χ2n) is 10.2. The number of rotatable bonds is 10. The highest BCUT2D eigenvalue weighted by Crippen LogP contribution is 2.41. The highest BCUT2D eigenvalue weighted by Gasteiger charge is 2.16. The van der Waals surface area contributed by atoms with Crippen LogP contribution in [0.5, 0.6) is 23.0 Å². The maximum atomic E-state index is 12.0. The molecule has 1 aliphatic rings. The fourth-order valence-electron chi connectivity index (χ4n) is 4.92. The second-order valence-corrected chi connectivity index (χ2v) is 13.8. The Balaban J connectivity index is 1.43. The van der Waals surface area contributed by atoms with E-state index in [0.29, 0.717) is 18.1 Å². The van der Waals surface area contributed by atoms with Crippen LogP contribution in [0.3, 0.4) is 0 Å². The Morgan fingerprint density at radius 3 is 2.05 bits per heavy atom. The van der Waals surface area contributed by atoms with Gasteiger partial charge in [0.05, 0.1) is 11.2 Å². The lowest BCUT2D eigenvalue weighted by atomic mass is 9.99. The minimum Gasteiger partial charge on any atom is -0.492 e. The Hall–Kier alpha value is -3.60. The minimum absolute atomic E-state index is 0.197. The van der Waals surface area contributed by atoms with E-state index in [-0.39, 0.29) is 10.6 Å². The van der Waals surface area contributed by atoms with Crippen LogP contribution in [0, 0.1) is 0 Å². The number of likely N-dealkylation sites (tertiary alicyclic amines) is 1. The van der Waals surface area contributed by atoms with Gasteiger partial charge in [-0.3, -0.25) is 4.90 Å². The minimum atomic E-state index is -3.68. The summed E-state index contributed by atoms with van der Waals surface area (Å²) in [5, 5.41) is 1.45. The summed E-state index contributed by atoms with van der Waals surface area (Å²) in [6.07, 6.45) is 5.96. The van der Waals surface area contributed by atoms with Gasteiger partial charge < -0.3 is 13.7 Å².